The molecule has 0 unspecified atom stereocenters. The Morgan fingerprint density at radius 1 is 0.931 bits per heavy atom. The normalized spacial score (nSPS) is 10.6. The van der Waals surface area contributed by atoms with Crippen LogP contribution in [0.15, 0.2) is 82.4 Å². The third-order valence-corrected chi connectivity index (χ3v) is 4.41. The maximum Gasteiger partial charge on any atom is 0.343 e. The second kappa shape index (κ2) is 9.66. The summed E-state index contributed by atoms with van der Waals surface area (Å²) in [5.74, 6) is 0.218. The molecule has 29 heavy (non-hydrogen) atoms. The first-order valence-electron chi connectivity index (χ1n) is 8.60. The van der Waals surface area contributed by atoms with E-state index in [0.29, 0.717) is 22.6 Å². The number of amides is 1. The number of nitrogens with one attached hydrogen (secondary N) is 1. The fourth-order valence-corrected chi connectivity index (χ4v) is 2.63. The van der Waals surface area contributed by atoms with E-state index in [1.165, 1.54) is 13.3 Å². The van der Waals surface area contributed by atoms with Crippen molar-refractivity contribution in [3.63, 3.8) is 0 Å². The minimum Gasteiger partial charge on any atom is -0.497 e. The number of esters is 1. The number of benzene rings is 3. The Bertz CT molecular complexity index is 1030. The molecule has 3 aromatic rings. The molecule has 0 saturated carbocycles. The highest BCUT2D eigenvalue weighted by molar-refractivity contribution is 9.10. The smallest absolute Gasteiger partial charge is 0.343 e. The molecule has 7 heteroatoms. The Morgan fingerprint density at radius 2 is 1.66 bits per heavy atom. The first-order valence-corrected chi connectivity index (χ1v) is 9.40. The zero-order chi connectivity index (χ0) is 20.6. The van der Waals surface area contributed by atoms with Gasteiger partial charge in [-0.2, -0.15) is 5.10 Å². The summed E-state index contributed by atoms with van der Waals surface area (Å²) < 4.78 is 11.3. The highest BCUT2D eigenvalue weighted by atomic mass is 79.9. The van der Waals surface area contributed by atoms with Crippen molar-refractivity contribution in [2.75, 3.05) is 7.11 Å². The molecular formula is C22H17BrN2O4. The van der Waals surface area contributed by atoms with E-state index in [4.69, 9.17) is 9.47 Å². The second-order valence-electron chi connectivity index (χ2n) is 5.90. The van der Waals surface area contributed by atoms with E-state index in [0.717, 1.165) is 10.0 Å². The number of carbonyl (C=O) groups excluding carboxylic acids is 2. The van der Waals surface area contributed by atoms with E-state index in [1.54, 1.807) is 72.8 Å². The van der Waals surface area contributed by atoms with Gasteiger partial charge in [0.05, 0.1) is 18.9 Å². The summed E-state index contributed by atoms with van der Waals surface area (Å²) in [6.07, 6.45) is 1.50. The molecule has 0 bridgehead atoms. The summed E-state index contributed by atoms with van der Waals surface area (Å²) in [4.78, 5) is 24.2. The Morgan fingerprint density at radius 3 is 2.34 bits per heavy atom. The predicted octanol–water partition coefficient (Wildman–Crippen LogP) is 4.44. The van der Waals surface area contributed by atoms with Gasteiger partial charge in [-0.05, 0) is 72.3 Å². The molecular weight excluding hydrogens is 436 g/mol. The van der Waals surface area contributed by atoms with Crippen molar-refractivity contribution in [1.82, 2.24) is 5.43 Å². The first-order chi connectivity index (χ1) is 14.0. The Hall–Kier alpha value is -3.45. The minimum absolute atomic E-state index is 0.347. The minimum atomic E-state index is -0.440. The maximum absolute atomic E-state index is 12.1. The van der Waals surface area contributed by atoms with Crippen LogP contribution in [0.3, 0.4) is 0 Å². The van der Waals surface area contributed by atoms with E-state index in [2.05, 4.69) is 26.5 Å². The van der Waals surface area contributed by atoms with Gasteiger partial charge in [0.1, 0.15) is 11.5 Å². The second-order valence-corrected chi connectivity index (χ2v) is 6.81. The lowest BCUT2D eigenvalue weighted by Crippen LogP contribution is -2.17. The number of nitrogens with zero attached hydrogens (tertiary/aromatic N) is 1. The summed E-state index contributed by atoms with van der Waals surface area (Å²) in [6.45, 7) is 0. The maximum atomic E-state index is 12.1. The van der Waals surface area contributed by atoms with Crippen molar-refractivity contribution in [2.24, 2.45) is 5.10 Å². The predicted molar refractivity (Wildman–Crippen MR) is 114 cm³/mol. The average molecular weight is 453 g/mol. The van der Waals surface area contributed by atoms with Gasteiger partial charge in [-0.15, -0.1) is 0 Å². The van der Waals surface area contributed by atoms with Crippen LogP contribution in [0.1, 0.15) is 26.3 Å². The lowest BCUT2D eigenvalue weighted by Gasteiger charge is -2.05. The van der Waals surface area contributed by atoms with Gasteiger partial charge >= 0.3 is 5.97 Å². The van der Waals surface area contributed by atoms with Crippen molar-refractivity contribution >= 4 is 34.0 Å². The van der Waals surface area contributed by atoms with Crippen LogP contribution in [0, 0.1) is 0 Å². The standard InChI is InChI=1S/C22H17BrN2O4/c1-28-20-4-2-3-17(13-20)21(26)25-24-14-15-5-11-19(12-6-15)29-22(27)16-7-9-18(23)10-8-16/h2-14H,1H3,(H,25,26). The molecule has 0 aliphatic rings. The van der Waals surface area contributed by atoms with Crippen LogP contribution in [0.4, 0.5) is 0 Å². The van der Waals surface area contributed by atoms with Crippen LogP contribution in [0.25, 0.3) is 0 Å². The molecule has 0 aromatic heterocycles. The Kier molecular flexibility index (Phi) is 6.76. The molecule has 0 atom stereocenters. The van der Waals surface area contributed by atoms with E-state index >= 15 is 0 Å². The van der Waals surface area contributed by atoms with Gasteiger partial charge in [-0.3, -0.25) is 4.79 Å². The monoisotopic (exact) mass is 452 g/mol. The van der Waals surface area contributed by atoms with Gasteiger partial charge in [0, 0.05) is 10.0 Å². The lowest BCUT2D eigenvalue weighted by atomic mass is 10.2. The summed E-state index contributed by atoms with van der Waals surface area (Å²) in [6, 6.07) is 20.4. The average Bonchev–Trinajstić information content (AvgIpc) is 2.75. The highest BCUT2D eigenvalue weighted by Crippen LogP contribution is 2.16. The quantitative estimate of drug-likeness (QED) is 0.259. The first kappa shape index (κ1) is 20.3. The van der Waals surface area contributed by atoms with Crippen LogP contribution in [-0.2, 0) is 0 Å². The van der Waals surface area contributed by atoms with Gasteiger partial charge in [0.25, 0.3) is 5.91 Å². The molecule has 0 aliphatic heterocycles. The summed E-state index contributed by atoms with van der Waals surface area (Å²) in [5, 5.41) is 3.94. The third kappa shape index (κ3) is 5.76. The van der Waals surface area contributed by atoms with E-state index < -0.39 is 5.97 Å². The van der Waals surface area contributed by atoms with Gasteiger partial charge in [0.2, 0.25) is 0 Å². The zero-order valence-corrected chi connectivity index (χ0v) is 17.0. The van der Waals surface area contributed by atoms with Crippen LogP contribution in [-0.4, -0.2) is 25.2 Å². The molecule has 1 N–H and O–H groups in total. The van der Waals surface area contributed by atoms with Crippen molar-refractivity contribution in [3.05, 3.63) is 94.0 Å². The molecule has 3 aromatic carbocycles. The SMILES string of the molecule is COc1cccc(C(=O)NN=Cc2ccc(OC(=O)c3ccc(Br)cc3)cc2)c1. The van der Waals surface area contributed by atoms with Gasteiger partial charge in [0.15, 0.2) is 0 Å². The Labute approximate surface area is 176 Å². The molecule has 0 heterocycles. The van der Waals surface area contributed by atoms with E-state index in [9.17, 15) is 9.59 Å². The fourth-order valence-electron chi connectivity index (χ4n) is 2.37. The van der Waals surface area contributed by atoms with Gasteiger partial charge in [-0.1, -0.05) is 22.0 Å². The van der Waals surface area contributed by atoms with E-state index in [-0.39, 0.29) is 5.91 Å². The molecule has 6 nitrogen and oxygen atoms in total. The van der Waals surface area contributed by atoms with Gasteiger partial charge < -0.3 is 9.47 Å². The fraction of sp³-hybridized carbons (Fsp3) is 0.0455. The van der Waals surface area contributed by atoms with E-state index in [1.807, 2.05) is 0 Å². The van der Waals surface area contributed by atoms with Crippen molar-refractivity contribution < 1.29 is 19.1 Å². The van der Waals surface area contributed by atoms with Crippen LogP contribution in [0.5, 0.6) is 11.5 Å². The number of halogens is 1. The molecule has 3 rings (SSSR count). The summed E-state index contributed by atoms with van der Waals surface area (Å²) in [7, 11) is 1.54. The van der Waals surface area contributed by atoms with Crippen molar-refractivity contribution in [1.29, 1.82) is 0 Å². The van der Waals surface area contributed by atoms with Crippen LogP contribution < -0.4 is 14.9 Å². The molecule has 1 amide bonds. The van der Waals surface area contributed by atoms with Crippen molar-refractivity contribution in [3.8, 4) is 11.5 Å². The molecule has 0 radical (unpaired) electrons. The number of hydrazone groups is 1. The molecule has 146 valence electrons. The third-order valence-electron chi connectivity index (χ3n) is 3.88. The number of rotatable bonds is 6. The number of hydrogen-bond donors (Lipinski definition) is 1. The number of methoxy groups -OCH3 is 1. The van der Waals surface area contributed by atoms with Crippen LogP contribution >= 0.6 is 15.9 Å². The molecule has 0 saturated heterocycles. The zero-order valence-electron chi connectivity index (χ0n) is 15.5. The highest BCUT2D eigenvalue weighted by Gasteiger charge is 2.08. The number of hydrogen-bond acceptors (Lipinski definition) is 5. The topological polar surface area (TPSA) is 77.0 Å². The number of ether oxygens (including phenoxy) is 2. The largest absolute Gasteiger partial charge is 0.497 e. The van der Waals surface area contributed by atoms with Crippen molar-refractivity contribution in [2.45, 2.75) is 0 Å². The number of carbonyl (C=O) groups is 2. The molecule has 0 fully saturated rings. The lowest BCUT2D eigenvalue weighted by molar-refractivity contribution is 0.0734. The summed E-state index contributed by atoms with van der Waals surface area (Å²) in [5.41, 5.74) is 4.09. The van der Waals surface area contributed by atoms with Crippen LogP contribution in [0.2, 0.25) is 0 Å². The Balaban J connectivity index is 1.56. The molecule has 0 spiro atoms. The molecule has 0 aliphatic carbocycles. The van der Waals surface area contributed by atoms with Gasteiger partial charge in [-0.25, -0.2) is 10.2 Å². The summed E-state index contributed by atoms with van der Waals surface area (Å²) >= 11 is 3.32.